The van der Waals surface area contributed by atoms with E-state index in [-0.39, 0.29) is 40.8 Å². The fourth-order valence-electron chi connectivity index (χ4n) is 2.74. The summed E-state index contributed by atoms with van der Waals surface area (Å²) in [7, 11) is -4.69. The molecular formula is C19H16ClF4N3O5S. The number of H-pyrrole nitrogens is 1. The van der Waals surface area contributed by atoms with Crippen LogP contribution >= 0.6 is 11.6 Å². The van der Waals surface area contributed by atoms with Crippen LogP contribution in [0.2, 0.25) is 5.02 Å². The van der Waals surface area contributed by atoms with Gasteiger partial charge in [-0.1, -0.05) is 11.6 Å². The Bertz CT molecular complexity index is 1260. The molecule has 0 aliphatic heterocycles. The molecule has 0 unspecified atom stereocenters. The van der Waals surface area contributed by atoms with Gasteiger partial charge >= 0.3 is 15.6 Å². The summed E-state index contributed by atoms with van der Waals surface area (Å²) in [6, 6.07) is 4.28. The highest BCUT2D eigenvalue weighted by Gasteiger charge is 2.49. The van der Waals surface area contributed by atoms with E-state index in [1.54, 1.807) is 6.92 Å². The van der Waals surface area contributed by atoms with Crippen molar-refractivity contribution in [2.24, 2.45) is 0 Å². The van der Waals surface area contributed by atoms with Crippen LogP contribution < -0.4 is 8.92 Å². The second-order valence-electron chi connectivity index (χ2n) is 6.52. The highest BCUT2D eigenvalue weighted by molar-refractivity contribution is 7.88. The van der Waals surface area contributed by atoms with Gasteiger partial charge in [0.15, 0.2) is 0 Å². The van der Waals surface area contributed by atoms with Gasteiger partial charge in [0.1, 0.15) is 18.2 Å². The number of nitrogens with zero attached hydrogens (tertiary/aromatic N) is 2. The number of aromatic amines is 1. The van der Waals surface area contributed by atoms with Crippen molar-refractivity contribution >= 4 is 21.7 Å². The van der Waals surface area contributed by atoms with Crippen molar-refractivity contribution in [2.75, 3.05) is 20.3 Å². The lowest BCUT2D eigenvalue weighted by atomic mass is 10.0. The van der Waals surface area contributed by atoms with Crippen LogP contribution in [0.4, 0.5) is 17.6 Å². The first-order valence-corrected chi connectivity index (χ1v) is 10.9. The Morgan fingerprint density at radius 1 is 1.12 bits per heavy atom. The minimum Gasteiger partial charge on any atom is -0.490 e. The van der Waals surface area contributed by atoms with Crippen molar-refractivity contribution in [2.45, 2.75) is 12.4 Å². The van der Waals surface area contributed by atoms with Crippen LogP contribution in [-0.4, -0.2) is 49.4 Å². The minimum absolute atomic E-state index is 0.00950. The lowest BCUT2D eigenvalue weighted by Gasteiger charge is -2.17. The Balaban J connectivity index is 2.23. The van der Waals surface area contributed by atoms with E-state index in [0.717, 1.165) is 18.2 Å². The zero-order valence-electron chi connectivity index (χ0n) is 17.0. The third-order valence-electron chi connectivity index (χ3n) is 4.28. The molecule has 178 valence electrons. The molecular weight excluding hydrogens is 494 g/mol. The van der Waals surface area contributed by atoms with Gasteiger partial charge in [-0.2, -0.15) is 26.7 Å². The maximum absolute atomic E-state index is 13.8. The topological polar surface area (TPSA) is 103 Å². The molecule has 0 amide bonds. The van der Waals surface area contributed by atoms with Gasteiger partial charge < -0.3 is 13.7 Å². The van der Waals surface area contributed by atoms with Gasteiger partial charge in [0.05, 0.1) is 28.6 Å². The fourth-order valence-corrected chi connectivity index (χ4v) is 3.42. The maximum Gasteiger partial charge on any atom is 0.534 e. The summed E-state index contributed by atoms with van der Waals surface area (Å²) in [6.07, 6.45) is 1.38. The highest BCUT2D eigenvalue weighted by Crippen LogP contribution is 2.42. The molecule has 1 aromatic carbocycles. The number of aryl methyl sites for hydroxylation is 1. The third-order valence-corrected chi connectivity index (χ3v) is 5.51. The molecule has 0 aliphatic rings. The normalized spacial score (nSPS) is 12.1. The number of methoxy groups -OCH3 is 1. The lowest BCUT2D eigenvalue weighted by Crippen LogP contribution is -2.28. The molecule has 14 heteroatoms. The molecule has 33 heavy (non-hydrogen) atoms. The molecule has 8 nitrogen and oxygen atoms in total. The molecule has 0 fully saturated rings. The van der Waals surface area contributed by atoms with Crippen LogP contribution in [0.3, 0.4) is 0 Å². The SMILES string of the molecule is COCCOc1cc(F)ccc1-c1cc(Cl)c(-c2c[nH]nc2C)nc1OS(=O)(=O)C(F)(F)F. The molecule has 1 N–H and O–H groups in total. The van der Waals surface area contributed by atoms with Crippen molar-refractivity contribution in [1.29, 1.82) is 0 Å². The summed E-state index contributed by atoms with van der Waals surface area (Å²) >= 11 is 6.32. The van der Waals surface area contributed by atoms with Gasteiger partial charge in [-0.3, -0.25) is 5.10 Å². The van der Waals surface area contributed by atoms with Gasteiger partial charge in [-0.05, 0) is 25.1 Å². The van der Waals surface area contributed by atoms with Crippen molar-refractivity contribution in [3.63, 3.8) is 0 Å². The summed E-state index contributed by atoms with van der Waals surface area (Å²) in [5.41, 5.74) is -5.39. The summed E-state index contributed by atoms with van der Waals surface area (Å²) in [5.74, 6) is -1.76. The van der Waals surface area contributed by atoms with Crippen molar-refractivity contribution in [3.05, 3.63) is 47.0 Å². The molecule has 0 saturated carbocycles. The molecule has 0 aliphatic carbocycles. The summed E-state index contributed by atoms with van der Waals surface area (Å²) in [4.78, 5) is 3.94. The van der Waals surface area contributed by atoms with E-state index in [1.165, 1.54) is 19.4 Å². The van der Waals surface area contributed by atoms with E-state index in [4.69, 9.17) is 21.1 Å². The average molecular weight is 510 g/mol. The van der Waals surface area contributed by atoms with E-state index in [0.29, 0.717) is 11.3 Å². The number of pyridine rings is 1. The number of aromatic nitrogens is 3. The smallest absolute Gasteiger partial charge is 0.490 e. The Labute approximate surface area is 190 Å². The number of rotatable bonds is 8. The quantitative estimate of drug-likeness (QED) is 0.206. The molecule has 0 atom stereocenters. The largest absolute Gasteiger partial charge is 0.534 e. The predicted octanol–water partition coefficient (Wildman–Crippen LogP) is 4.49. The van der Waals surface area contributed by atoms with Crippen LogP contribution in [-0.2, 0) is 14.9 Å². The maximum atomic E-state index is 13.8. The molecule has 0 bridgehead atoms. The molecule has 3 rings (SSSR count). The number of hydrogen-bond donors (Lipinski definition) is 1. The Morgan fingerprint density at radius 3 is 2.45 bits per heavy atom. The van der Waals surface area contributed by atoms with Crippen LogP contribution in [0.1, 0.15) is 5.69 Å². The number of alkyl halides is 3. The van der Waals surface area contributed by atoms with E-state index >= 15 is 0 Å². The minimum atomic E-state index is -6.10. The van der Waals surface area contributed by atoms with E-state index in [2.05, 4.69) is 19.4 Å². The van der Waals surface area contributed by atoms with Gasteiger partial charge in [0, 0.05) is 30.5 Å². The molecule has 0 spiro atoms. The molecule has 0 radical (unpaired) electrons. The number of ether oxygens (including phenoxy) is 2. The highest BCUT2D eigenvalue weighted by atomic mass is 35.5. The van der Waals surface area contributed by atoms with E-state index in [1.807, 2.05) is 0 Å². The zero-order valence-corrected chi connectivity index (χ0v) is 18.6. The van der Waals surface area contributed by atoms with Crippen LogP contribution in [0.15, 0.2) is 30.5 Å². The first-order chi connectivity index (χ1) is 15.4. The number of benzene rings is 1. The zero-order chi connectivity index (χ0) is 24.4. The Kier molecular flexibility index (Phi) is 7.14. The van der Waals surface area contributed by atoms with Crippen molar-refractivity contribution in [1.82, 2.24) is 15.2 Å². The van der Waals surface area contributed by atoms with E-state index < -0.39 is 27.3 Å². The summed E-state index contributed by atoms with van der Waals surface area (Å²) in [6.45, 7) is 1.67. The van der Waals surface area contributed by atoms with Gasteiger partial charge in [0.25, 0.3) is 0 Å². The third kappa shape index (κ3) is 5.37. The molecule has 2 heterocycles. The molecule has 0 saturated heterocycles. The average Bonchev–Trinajstić information content (AvgIpc) is 3.14. The van der Waals surface area contributed by atoms with Crippen molar-refractivity contribution in [3.8, 4) is 34.0 Å². The van der Waals surface area contributed by atoms with Crippen LogP contribution in [0.5, 0.6) is 11.6 Å². The van der Waals surface area contributed by atoms with Gasteiger partial charge in [-0.15, -0.1) is 0 Å². The number of halogens is 5. The Hall–Kier alpha value is -2.90. The monoisotopic (exact) mass is 509 g/mol. The molecule has 2 aromatic heterocycles. The van der Waals surface area contributed by atoms with E-state index in [9.17, 15) is 26.0 Å². The van der Waals surface area contributed by atoms with Crippen LogP contribution in [0, 0.1) is 12.7 Å². The van der Waals surface area contributed by atoms with Gasteiger partial charge in [-0.25, -0.2) is 9.37 Å². The summed E-state index contributed by atoms with van der Waals surface area (Å²) < 4.78 is 91.1. The summed E-state index contributed by atoms with van der Waals surface area (Å²) in [5, 5.41) is 6.38. The standard InChI is InChI=1S/C19H16ClF4N3O5S/c1-10-14(9-25-27-10)17-15(20)8-13(18(26-17)32-33(28,29)19(22,23)24)12-4-3-11(21)7-16(12)31-6-5-30-2/h3-4,7-9H,5-6H2,1-2H3,(H,25,27). The number of nitrogens with one attached hydrogen (secondary N) is 1. The lowest BCUT2D eigenvalue weighted by molar-refractivity contribution is -0.0501. The second kappa shape index (κ2) is 9.53. The number of hydrogen-bond acceptors (Lipinski definition) is 7. The van der Waals surface area contributed by atoms with Crippen LogP contribution in [0.25, 0.3) is 22.4 Å². The first kappa shape index (κ1) is 24.7. The predicted molar refractivity (Wildman–Crippen MR) is 110 cm³/mol. The van der Waals surface area contributed by atoms with Gasteiger partial charge in [0.2, 0.25) is 5.88 Å². The molecule has 3 aromatic rings. The fraction of sp³-hybridized carbons (Fsp3) is 0.263. The van der Waals surface area contributed by atoms with Crippen molar-refractivity contribution < 1.29 is 39.6 Å². The first-order valence-electron chi connectivity index (χ1n) is 9.08. The Morgan fingerprint density at radius 2 is 1.85 bits per heavy atom. The second-order valence-corrected chi connectivity index (χ2v) is 8.47.